The van der Waals surface area contributed by atoms with Crippen molar-refractivity contribution in [1.82, 2.24) is 10.6 Å². The standard InChI is InChI=1S/C9H17N3O5S/c10-6(4-18)8(16)12-7(3-15)9(17)11-5(1-13)2-14/h1,5-7,14-15,18H,2-4,10H2,(H,11,17)(H,12,16)/t5-,6+,7+/m1/s1. The first-order valence-electron chi connectivity index (χ1n) is 5.14. The number of carbonyl (C=O) groups excluding carboxylic acids is 3. The number of hydrogen-bond acceptors (Lipinski definition) is 7. The van der Waals surface area contributed by atoms with Crippen LogP contribution in [0, 0.1) is 0 Å². The predicted molar refractivity (Wildman–Crippen MR) is 65.9 cm³/mol. The van der Waals surface area contributed by atoms with Crippen molar-refractivity contribution in [3.63, 3.8) is 0 Å². The van der Waals surface area contributed by atoms with E-state index in [1.165, 1.54) is 0 Å². The summed E-state index contributed by atoms with van der Waals surface area (Å²) >= 11 is 3.82. The maximum absolute atomic E-state index is 11.5. The SMILES string of the molecule is N[C@@H](CS)C(=O)N[C@@H](CO)C(=O)N[C@H](C=O)CO. The molecule has 0 aromatic carbocycles. The van der Waals surface area contributed by atoms with Crippen molar-refractivity contribution in [2.75, 3.05) is 19.0 Å². The molecule has 18 heavy (non-hydrogen) atoms. The lowest BCUT2D eigenvalue weighted by Gasteiger charge is -2.19. The maximum atomic E-state index is 11.5. The number of hydrogen-bond donors (Lipinski definition) is 6. The molecule has 8 nitrogen and oxygen atoms in total. The zero-order valence-electron chi connectivity index (χ0n) is 9.57. The van der Waals surface area contributed by atoms with Crippen molar-refractivity contribution in [2.24, 2.45) is 5.73 Å². The van der Waals surface area contributed by atoms with E-state index < -0.39 is 43.2 Å². The summed E-state index contributed by atoms with van der Waals surface area (Å²) in [7, 11) is 0. The third-order valence-corrected chi connectivity index (χ3v) is 2.43. The minimum Gasteiger partial charge on any atom is -0.394 e. The van der Waals surface area contributed by atoms with E-state index in [9.17, 15) is 14.4 Å². The summed E-state index contributed by atoms with van der Waals surface area (Å²) in [5.74, 6) is -1.35. The average molecular weight is 279 g/mol. The minimum absolute atomic E-state index is 0.0825. The molecule has 0 aromatic heterocycles. The smallest absolute Gasteiger partial charge is 0.245 e. The third kappa shape index (κ3) is 5.45. The van der Waals surface area contributed by atoms with Gasteiger partial charge in [-0.1, -0.05) is 0 Å². The van der Waals surface area contributed by atoms with Gasteiger partial charge in [0.25, 0.3) is 0 Å². The Hall–Kier alpha value is -1.16. The molecule has 0 aliphatic carbocycles. The van der Waals surface area contributed by atoms with Crippen LogP contribution in [0.15, 0.2) is 0 Å². The Kier molecular flexibility index (Phi) is 8.29. The van der Waals surface area contributed by atoms with Crippen molar-refractivity contribution >= 4 is 30.7 Å². The molecule has 0 unspecified atom stereocenters. The van der Waals surface area contributed by atoms with Crippen LogP contribution in [0.1, 0.15) is 0 Å². The van der Waals surface area contributed by atoms with E-state index >= 15 is 0 Å². The second-order valence-electron chi connectivity index (χ2n) is 3.47. The van der Waals surface area contributed by atoms with Crippen molar-refractivity contribution in [1.29, 1.82) is 0 Å². The first kappa shape index (κ1) is 16.8. The number of rotatable bonds is 8. The van der Waals surface area contributed by atoms with Gasteiger partial charge in [-0.25, -0.2) is 0 Å². The zero-order valence-corrected chi connectivity index (χ0v) is 10.5. The molecule has 6 N–H and O–H groups in total. The molecule has 0 bridgehead atoms. The minimum atomic E-state index is -1.24. The Labute approximate surface area is 109 Å². The fourth-order valence-electron chi connectivity index (χ4n) is 0.962. The number of thiol groups is 1. The highest BCUT2D eigenvalue weighted by atomic mass is 32.1. The molecule has 0 heterocycles. The van der Waals surface area contributed by atoms with Gasteiger partial charge >= 0.3 is 0 Å². The van der Waals surface area contributed by atoms with Crippen LogP contribution in [-0.4, -0.2) is 65.4 Å². The molecule has 0 fully saturated rings. The third-order valence-electron chi connectivity index (χ3n) is 2.04. The molecule has 0 aliphatic heterocycles. The fourth-order valence-corrected chi connectivity index (χ4v) is 1.13. The molecule has 0 saturated heterocycles. The highest BCUT2D eigenvalue weighted by Crippen LogP contribution is 1.90. The normalized spacial score (nSPS) is 15.3. The van der Waals surface area contributed by atoms with E-state index in [4.69, 9.17) is 15.9 Å². The van der Waals surface area contributed by atoms with Crippen LogP contribution in [0.25, 0.3) is 0 Å². The lowest BCUT2D eigenvalue weighted by atomic mass is 10.2. The Morgan fingerprint density at radius 2 is 1.83 bits per heavy atom. The van der Waals surface area contributed by atoms with E-state index in [0.717, 1.165) is 0 Å². The molecule has 0 radical (unpaired) electrons. The van der Waals surface area contributed by atoms with Gasteiger partial charge < -0.3 is 31.4 Å². The van der Waals surface area contributed by atoms with Gasteiger partial charge in [0.05, 0.1) is 19.3 Å². The van der Waals surface area contributed by atoms with Gasteiger partial charge in [-0.2, -0.15) is 12.6 Å². The van der Waals surface area contributed by atoms with E-state index in [-0.39, 0.29) is 5.75 Å². The van der Waals surface area contributed by atoms with E-state index in [0.29, 0.717) is 6.29 Å². The second-order valence-corrected chi connectivity index (χ2v) is 3.83. The van der Waals surface area contributed by atoms with Gasteiger partial charge in [-0.3, -0.25) is 9.59 Å². The number of nitrogens with two attached hydrogens (primary N) is 1. The van der Waals surface area contributed by atoms with Crippen molar-refractivity contribution in [3.05, 3.63) is 0 Å². The Balaban J connectivity index is 4.44. The van der Waals surface area contributed by atoms with Gasteiger partial charge in [0, 0.05) is 5.75 Å². The molecule has 0 saturated carbocycles. The number of aliphatic hydroxyl groups excluding tert-OH is 2. The first-order valence-corrected chi connectivity index (χ1v) is 5.77. The second kappa shape index (κ2) is 8.86. The monoisotopic (exact) mass is 279 g/mol. The number of aldehydes is 1. The van der Waals surface area contributed by atoms with Crippen LogP contribution >= 0.6 is 12.6 Å². The molecule has 0 aliphatic rings. The quantitative estimate of drug-likeness (QED) is 0.200. The molecule has 0 rings (SSSR count). The molecular weight excluding hydrogens is 262 g/mol. The zero-order chi connectivity index (χ0) is 14.1. The fraction of sp³-hybridized carbons (Fsp3) is 0.667. The first-order chi connectivity index (χ1) is 8.49. The predicted octanol–water partition coefficient (Wildman–Crippen LogP) is -3.60. The molecular formula is C9H17N3O5S. The molecule has 0 spiro atoms. The molecule has 9 heteroatoms. The highest BCUT2D eigenvalue weighted by Gasteiger charge is 2.24. The van der Waals surface area contributed by atoms with E-state index in [1.54, 1.807) is 0 Å². The van der Waals surface area contributed by atoms with Crippen molar-refractivity contribution < 1.29 is 24.6 Å². The Morgan fingerprint density at radius 3 is 2.22 bits per heavy atom. The van der Waals surface area contributed by atoms with Crippen molar-refractivity contribution in [3.8, 4) is 0 Å². The average Bonchev–Trinajstić information content (AvgIpc) is 2.40. The van der Waals surface area contributed by atoms with Crippen LogP contribution in [0.4, 0.5) is 0 Å². The summed E-state index contributed by atoms with van der Waals surface area (Å²) in [6, 6.07) is -3.23. The highest BCUT2D eigenvalue weighted by molar-refractivity contribution is 7.80. The van der Waals surface area contributed by atoms with Crippen molar-refractivity contribution in [2.45, 2.75) is 18.1 Å². The largest absolute Gasteiger partial charge is 0.394 e. The van der Waals surface area contributed by atoms with E-state index in [1.807, 2.05) is 0 Å². The van der Waals surface area contributed by atoms with Crippen LogP contribution in [-0.2, 0) is 14.4 Å². The summed E-state index contributed by atoms with van der Waals surface area (Å²) in [5, 5.41) is 22.0. The molecule has 2 amide bonds. The lowest BCUT2D eigenvalue weighted by molar-refractivity contribution is -0.131. The summed E-state index contributed by atoms with van der Waals surface area (Å²) < 4.78 is 0. The lowest BCUT2D eigenvalue weighted by Crippen LogP contribution is -2.55. The van der Waals surface area contributed by atoms with Gasteiger partial charge in [0.1, 0.15) is 18.4 Å². The van der Waals surface area contributed by atoms with Crippen LogP contribution in [0.5, 0.6) is 0 Å². The van der Waals surface area contributed by atoms with Gasteiger partial charge in [0.15, 0.2) is 0 Å². The number of aliphatic hydroxyl groups is 2. The number of carbonyl (C=O) groups is 3. The Morgan fingerprint density at radius 1 is 1.22 bits per heavy atom. The summed E-state index contributed by atoms with van der Waals surface area (Å²) in [5.41, 5.74) is 5.38. The van der Waals surface area contributed by atoms with Crippen LogP contribution in [0.2, 0.25) is 0 Å². The van der Waals surface area contributed by atoms with Crippen LogP contribution in [0.3, 0.4) is 0 Å². The topological polar surface area (TPSA) is 142 Å². The maximum Gasteiger partial charge on any atom is 0.245 e. The summed E-state index contributed by atoms with van der Waals surface area (Å²) in [6.07, 6.45) is 0.341. The molecule has 104 valence electrons. The van der Waals surface area contributed by atoms with E-state index in [2.05, 4.69) is 23.3 Å². The summed E-state index contributed by atoms with van der Waals surface area (Å²) in [4.78, 5) is 33.3. The molecule has 3 atom stereocenters. The van der Waals surface area contributed by atoms with Gasteiger partial charge in [-0.05, 0) is 0 Å². The van der Waals surface area contributed by atoms with Gasteiger partial charge in [-0.15, -0.1) is 0 Å². The Bertz CT molecular complexity index is 302. The number of nitrogens with one attached hydrogen (secondary N) is 2. The number of amides is 2. The summed E-state index contributed by atoms with van der Waals surface area (Å²) in [6.45, 7) is -1.23. The van der Waals surface area contributed by atoms with Gasteiger partial charge in [0.2, 0.25) is 11.8 Å². The molecule has 0 aromatic rings. The van der Waals surface area contributed by atoms with Crippen LogP contribution < -0.4 is 16.4 Å².